The van der Waals surface area contributed by atoms with E-state index in [1.807, 2.05) is 18.2 Å². The Balaban J connectivity index is 0.00000256. The third kappa shape index (κ3) is 5.45. The number of carbonyl (C=O) groups is 1. The molecule has 0 amide bonds. The van der Waals surface area contributed by atoms with E-state index in [4.69, 9.17) is 27.9 Å². The molecule has 162 valence electrons. The number of ether oxygens (including phenoxy) is 1. The third-order valence-electron chi connectivity index (χ3n) is 5.55. The smallest absolute Gasteiger partial charge is 0.307 e. The summed E-state index contributed by atoms with van der Waals surface area (Å²) < 4.78 is 6.34. The molecule has 4 nitrogen and oxygen atoms in total. The fourth-order valence-corrected chi connectivity index (χ4v) is 5.84. The Hall–Kier alpha value is -0.950. The molecule has 2 aliphatic rings. The number of benzene rings is 2. The van der Waals surface area contributed by atoms with Gasteiger partial charge in [-0.1, -0.05) is 53.2 Å². The van der Waals surface area contributed by atoms with Crippen molar-refractivity contribution in [2.24, 2.45) is 5.92 Å². The average Bonchev–Trinajstić information content (AvgIpc) is 2.85. The van der Waals surface area contributed by atoms with Gasteiger partial charge >= 0.3 is 5.97 Å². The van der Waals surface area contributed by atoms with E-state index >= 15 is 0 Å². The van der Waals surface area contributed by atoms with Crippen LogP contribution in [-0.2, 0) is 16.0 Å². The van der Waals surface area contributed by atoms with Crippen LogP contribution >= 0.6 is 47.4 Å². The molecule has 2 aromatic carbocycles. The number of fused-ring (bicyclic) bond motifs is 2. The Morgan fingerprint density at radius 2 is 2.07 bits per heavy atom. The SMILES string of the molecule is Cl.O=C(O)C1CCCN(CCOC2Cc3cc(Cl)cc(Cl)c3Sc3ccccc32)C1. The lowest BCUT2D eigenvalue weighted by atomic mass is 9.98. The van der Waals surface area contributed by atoms with Gasteiger partial charge < -0.3 is 14.7 Å². The van der Waals surface area contributed by atoms with Gasteiger partial charge in [0, 0.05) is 34.3 Å². The molecule has 2 aliphatic heterocycles. The first-order valence-corrected chi connectivity index (χ1v) is 11.4. The molecular weight excluding hydrogens is 465 g/mol. The maximum Gasteiger partial charge on any atom is 0.307 e. The van der Waals surface area contributed by atoms with Crippen LogP contribution in [-0.4, -0.2) is 42.2 Å². The standard InChI is InChI=1S/C22H23Cl2NO3S.ClH/c23-16-10-15-11-19(28-9-8-25-7-3-4-14(13-25)22(26)27)17-5-1-2-6-20(17)29-21(15)18(24)12-16;/h1-2,5-6,10,12,14,19H,3-4,7-9,11,13H2,(H,26,27);1H. The highest BCUT2D eigenvalue weighted by molar-refractivity contribution is 7.99. The molecule has 4 rings (SSSR count). The lowest BCUT2D eigenvalue weighted by Crippen LogP contribution is -2.40. The summed E-state index contributed by atoms with van der Waals surface area (Å²) in [5.41, 5.74) is 2.25. The highest BCUT2D eigenvalue weighted by atomic mass is 35.5. The number of carboxylic acids is 1. The van der Waals surface area contributed by atoms with Crippen LogP contribution in [0.4, 0.5) is 0 Å². The molecule has 1 fully saturated rings. The lowest BCUT2D eigenvalue weighted by molar-refractivity contribution is -0.143. The van der Waals surface area contributed by atoms with Crippen molar-refractivity contribution in [2.45, 2.75) is 35.2 Å². The summed E-state index contributed by atoms with van der Waals surface area (Å²) in [5.74, 6) is -0.967. The number of aliphatic carboxylic acids is 1. The van der Waals surface area contributed by atoms with Crippen molar-refractivity contribution in [3.05, 3.63) is 57.6 Å². The van der Waals surface area contributed by atoms with Gasteiger partial charge in [0.1, 0.15) is 0 Å². The number of hydrogen-bond acceptors (Lipinski definition) is 4. The number of nitrogens with zero attached hydrogens (tertiary/aromatic N) is 1. The molecule has 0 radical (unpaired) electrons. The summed E-state index contributed by atoms with van der Waals surface area (Å²) in [6, 6.07) is 12.0. The zero-order chi connectivity index (χ0) is 20.4. The molecule has 2 heterocycles. The Bertz CT molecular complexity index is 911. The molecule has 2 unspecified atom stereocenters. The quantitative estimate of drug-likeness (QED) is 0.561. The summed E-state index contributed by atoms with van der Waals surface area (Å²) >= 11 is 14.4. The largest absolute Gasteiger partial charge is 0.481 e. The summed E-state index contributed by atoms with van der Waals surface area (Å²) in [6.07, 6.45) is 2.30. The number of hydrogen-bond donors (Lipinski definition) is 1. The monoisotopic (exact) mass is 487 g/mol. The molecule has 8 heteroatoms. The van der Waals surface area contributed by atoms with Crippen LogP contribution in [0.2, 0.25) is 10.0 Å². The Morgan fingerprint density at radius 3 is 2.87 bits per heavy atom. The number of carboxylic acid groups (broad SMARTS) is 1. The molecule has 1 N–H and O–H groups in total. The van der Waals surface area contributed by atoms with E-state index in [0.717, 1.165) is 46.8 Å². The van der Waals surface area contributed by atoms with Crippen LogP contribution in [0.3, 0.4) is 0 Å². The maximum absolute atomic E-state index is 11.3. The van der Waals surface area contributed by atoms with Crippen LogP contribution in [0.25, 0.3) is 0 Å². The first kappa shape index (κ1) is 23.7. The highest BCUT2D eigenvalue weighted by Crippen LogP contribution is 2.45. The van der Waals surface area contributed by atoms with E-state index in [1.54, 1.807) is 17.8 Å². The van der Waals surface area contributed by atoms with Gasteiger partial charge in [-0.2, -0.15) is 0 Å². The summed E-state index contributed by atoms with van der Waals surface area (Å²) in [6.45, 7) is 2.82. The maximum atomic E-state index is 11.3. The predicted molar refractivity (Wildman–Crippen MR) is 123 cm³/mol. The van der Waals surface area contributed by atoms with Gasteiger partial charge in [-0.25, -0.2) is 0 Å². The second-order valence-corrected chi connectivity index (χ2v) is 9.45. The molecule has 0 aromatic heterocycles. The third-order valence-corrected chi connectivity index (χ3v) is 7.46. The van der Waals surface area contributed by atoms with Crippen molar-refractivity contribution in [1.82, 2.24) is 4.90 Å². The number of halogens is 3. The van der Waals surface area contributed by atoms with Gasteiger partial charge in [-0.05, 0) is 48.7 Å². The summed E-state index contributed by atoms with van der Waals surface area (Å²) in [7, 11) is 0. The molecule has 2 aromatic rings. The van der Waals surface area contributed by atoms with Gasteiger partial charge in [0.05, 0.1) is 23.7 Å². The van der Waals surface area contributed by atoms with Crippen LogP contribution < -0.4 is 0 Å². The number of rotatable bonds is 5. The first-order valence-electron chi connectivity index (χ1n) is 9.82. The molecule has 2 atom stereocenters. The van der Waals surface area contributed by atoms with Gasteiger partial charge in [0.15, 0.2) is 0 Å². The second kappa shape index (κ2) is 10.6. The van der Waals surface area contributed by atoms with Gasteiger partial charge in [0.2, 0.25) is 0 Å². The number of likely N-dealkylation sites (tertiary alicyclic amines) is 1. The molecular formula is C22H24Cl3NO3S. The molecule has 30 heavy (non-hydrogen) atoms. The number of piperidine rings is 1. The minimum Gasteiger partial charge on any atom is -0.481 e. The van der Waals surface area contributed by atoms with Gasteiger partial charge in [-0.3, -0.25) is 4.79 Å². The van der Waals surface area contributed by atoms with Crippen molar-refractivity contribution < 1.29 is 14.6 Å². The van der Waals surface area contributed by atoms with Crippen LogP contribution in [0.15, 0.2) is 46.2 Å². The normalized spacial score (nSPS) is 21.1. The average molecular weight is 489 g/mol. The van der Waals surface area contributed by atoms with E-state index in [-0.39, 0.29) is 24.4 Å². The summed E-state index contributed by atoms with van der Waals surface area (Å²) in [5, 5.41) is 10.6. The Morgan fingerprint density at radius 1 is 1.27 bits per heavy atom. The molecule has 0 spiro atoms. The fraction of sp³-hybridized carbons (Fsp3) is 0.409. The van der Waals surface area contributed by atoms with Crippen molar-refractivity contribution in [2.75, 3.05) is 26.2 Å². The van der Waals surface area contributed by atoms with Gasteiger partial charge in [-0.15, -0.1) is 12.4 Å². The second-order valence-electron chi connectivity index (χ2n) is 7.56. The topological polar surface area (TPSA) is 49.8 Å². The minimum absolute atomic E-state index is 0. The zero-order valence-electron chi connectivity index (χ0n) is 16.4. The van der Waals surface area contributed by atoms with Crippen LogP contribution in [0.5, 0.6) is 0 Å². The van der Waals surface area contributed by atoms with Crippen molar-refractivity contribution in [3.8, 4) is 0 Å². The van der Waals surface area contributed by atoms with E-state index in [1.165, 1.54) is 0 Å². The van der Waals surface area contributed by atoms with E-state index in [9.17, 15) is 9.90 Å². The lowest BCUT2D eigenvalue weighted by Gasteiger charge is -2.31. The van der Waals surface area contributed by atoms with Gasteiger partial charge in [0.25, 0.3) is 0 Å². The summed E-state index contributed by atoms with van der Waals surface area (Å²) in [4.78, 5) is 15.7. The zero-order valence-corrected chi connectivity index (χ0v) is 19.5. The van der Waals surface area contributed by atoms with Crippen LogP contribution in [0, 0.1) is 5.92 Å². The molecule has 0 aliphatic carbocycles. The fourth-order valence-electron chi connectivity index (χ4n) is 4.07. The molecule has 1 saturated heterocycles. The Labute approximate surface area is 197 Å². The minimum atomic E-state index is -0.698. The van der Waals surface area contributed by atoms with Crippen molar-refractivity contribution in [1.29, 1.82) is 0 Å². The van der Waals surface area contributed by atoms with E-state index < -0.39 is 5.97 Å². The molecule has 0 saturated carbocycles. The van der Waals surface area contributed by atoms with E-state index in [0.29, 0.717) is 29.6 Å². The molecule has 0 bridgehead atoms. The Kier molecular flexibility index (Phi) is 8.36. The highest BCUT2D eigenvalue weighted by Gasteiger charge is 2.27. The van der Waals surface area contributed by atoms with E-state index in [2.05, 4.69) is 17.0 Å². The van der Waals surface area contributed by atoms with Crippen molar-refractivity contribution in [3.63, 3.8) is 0 Å². The van der Waals surface area contributed by atoms with Crippen molar-refractivity contribution >= 4 is 53.3 Å². The first-order chi connectivity index (χ1) is 14.0. The predicted octanol–water partition coefficient (Wildman–Crippen LogP) is 5.98. The van der Waals surface area contributed by atoms with Crippen LogP contribution in [0.1, 0.15) is 30.1 Å².